The van der Waals surface area contributed by atoms with E-state index in [0.29, 0.717) is 23.7 Å². The van der Waals surface area contributed by atoms with E-state index in [4.69, 9.17) is 10.9 Å². The molecule has 0 aliphatic carbocycles. The van der Waals surface area contributed by atoms with Gasteiger partial charge in [-0.05, 0) is 36.1 Å². The van der Waals surface area contributed by atoms with E-state index < -0.39 is 5.91 Å². The molecule has 0 fully saturated rings. The second-order valence-corrected chi connectivity index (χ2v) is 6.88. The number of carbonyl (C=O) groups excluding carboxylic acids is 1. The molecule has 0 bridgehead atoms. The number of benzene rings is 2. The van der Waals surface area contributed by atoms with Crippen molar-refractivity contribution in [3.63, 3.8) is 0 Å². The van der Waals surface area contributed by atoms with E-state index in [1.807, 2.05) is 30.6 Å². The quantitative estimate of drug-likeness (QED) is 0.201. The van der Waals surface area contributed by atoms with Gasteiger partial charge in [-0.3, -0.25) is 15.5 Å². The van der Waals surface area contributed by atoms with E-state index in [9.17, 15) is 4.79 Å². The van der Waals surface area contributed by atoms with Crippen LogP contribution in [0.4, 0.5) is 23.5 Å². The molecule has 1 heterocycles. The first kappa shape index (κ1) is 21.7. The van der Waals surface area contributed by atoms with Crippen molar-refractivity contribution in [1.29, 1.82) is 0 Å². The van der Waals surface area contributed by atoms with Crippen molar-refractivity contribution in [2.24, 2.45) is 10.7 Å². The number of primary amides is 1. The summed E-state index contributed by atoms with van der Waals surface area (Å²) in [5.74, 6) is 0.302. The highest BCUT2D eigenvalue weighted by atomic mass is 16.5. The van der Waals surface area contributed by atoms with Crippen LogP contribution in [0.1, 0.15) is 34.3 Å². The number of nitrogens with two attached hydrogens (primary N) is 1. The van der Waals surface area contributed by atoms with Gasteiger partial charge in [0.05, 0.1) is 0 Å². The third-order valence-electron chi connectivity index (χ3n) is 4.56. The Morgan fingerprint density at radius 1 is 1.16 bits per heavy atom. The van der Waals surface area contributed by atoms with E-state index >= 15 is 0 Å². The predicted molar refractivity (Wildman–Crippen MR) is 119 cm³/mol. The highest BCUT2D eigenvalue weighted by Gasteiger charge is 2.11. The summed E-state index contributed by atoms with van der Waals surface area (Å²) in [7, 11) is 0. The van der Waals surface area contributed by atoms with Gasteiger partial charge in [-0.25, -0.2) is 0 Å². The topological polar surface area (TPSA) is 150 Å². The number of carbonyl (C=O) groups is 1. The van der Waals surface area contributed by atoms with Crippen LogP contribution in [0, 0.1) is 6.92 Å². The van der Waals surface area contributed by atoms with E-state index in [0.717, 1.165) is 11.9 Å². The van der Waals surface area contributed by atoms with E-state index in [1.165, 1.54) is 5.56 Å². The maximum absolute atomic E-state index is 11.5. The Labute approximate surface area is 179 Å². The summed E-state index contributed by atoms with van der Waals surface area (Å²) in [4.78, 5) is 28.3. The first-order valence-corrected chi connectivity index (χ1v) is 9.61. The molecule has 1 atom stereocenters. The van der Waals surface area contributed by atoms with Gasteiger partial charge in [0.2, 0.25) is 17.8 Å². The largest absolute Gasteiger partial charge is 0.366 e. The van der Waals surface area contributed by atoms with Crippen LogP contribution in [-0.4, -0.2) is 38.9 Å². The Kier molecular flexibility index (Phi) is 7.07. The molecule has 10 nitrogen and oxygen atoms in total. The number of aromatic nitrogens is 3. The van der Waals surface area contributed by atoms with Crippen LogP contribution in [0.5, 0.6) is 0 Å². The monoisotopic (exact) mass is 420 g/mol. The molecule has 1 amide bonds. The van der Waals surface area contributed by atoms with Gasteiger partial charge in [-0.2, -0.15) is 19.9 Å². The zero-order chi connectivity index (χ0) is 22.2. The Morgan fingerprint density at radius 3 is 2.61 bits per heavy atom. The van der Waals surface area contributed by atoms with Gasteiger partial charge in [0.25, 0.3) is 5.95 Å². The molecule has 0 saturated carbocycles. The van der Waals surface area contributed by atoms with Crippen molar-refractivity contribution < 1.29 is 10.0 Å². The third kappa shape index (κ3) is 5.97. The summed E-state index contributed by atoms with van der Waals surface area (Å²) < 4.78 is 0. The SMILES string of the molecule is Cc1ccc(C(N)=O)cc1Nc1nc(N=CNO)nc(NCC(C)c2ccccc2)n1. The number of nitrogens with one attached hydrogen (secondary N) is 3. The molecule has 6 N–H and O–H groups in total. The van der Waals surface area contributed by atoms with E-state index in [1.54, 1.807) is 18.2 Å². The Balaban J connectivity index is 1.84. The molecule has 3 rings (SSSR count). The highest BCUT2D eigenvalue weighted by Crippen LogP contribution is 2.22. The molecule has 0 aliphatic heterocycles. The van der Waals surface area contributed by atoms with Crippen LogP contribution < -0.4 is 21.8 Å². The Bertz CT molecular complexity index is 1070. The predicted octanol–water partition coefficient (Wildman–Crippen LogP) is 2.88. The number of hydrogen-bond donors (Lipinski definition) is 5. The fourth-order valence-electron chi connectivity index (χ4n) is 2.82. The van der Waals surface area contributed by atoms with Crippen LogP contribution in [0.3, 0.4) is 0 Å². The summed E-state index contributed by atoms with van der Waals surface area (Å²) in [5, 5.41) is 15.1. The molecular weight excluding hydrogens is 396 g/mol. The minimum Gasteiger partial charge on any atom is -0.366 e. The van der Waals surface area contributed by atoms with Crippen LogP contribution >= 0.6 is 0 Å². The van der Waals surface area contributed by atoms with Gasteiger partial charge >= 0.3 is 0 Å². The molecule has 0 radical (unpaired) electrons. The second-order valence-electron chi connectivity index (χ2n) is 6.88. The first-order chi connectivity index (χ1) is 15.0. The number of anilines is 3. The summed E-state index contributed by atoms with van der Waals surface area (Å²) in [6, 6.07) is 15.1. The number of aliphatic imine (C=N–C) groups is 1. The van der Waals surface area contributed by atoms with Gasteiger partial charge < -0.3 is 16.4 Å². The molecule has 0 aliphatic rings. The molecule has 2 aromatic carbocycles. The maximum Gasteiger partial charge on any atom is 0.257 e. The lowest BCUT2D eigenvalue weighted by Gasteiger charge is -2.14. The van der Waals surface area contributed by atoms with E-state index in [2.05, 4.69) is 49.6 Å². The Morgan fingerprint density at radius 2 is 1.90 bits per heavy atom. The average Bonchev–Trinajstić information content (AvgIpc) is 2.78. The molecule has 10 heteroatoms. The second kappa shape index (κ2) is 10.1. The fraction of sp³-hybridized carbons (Fsp3) is 0.190. The lowest BCUT2D eigenvalue weighted by atomic mass is 10.0. The number of hydroxylamine groups is 1. The number of nitrogens with zero attached hydrogens (tertiary/aromatic N) is 4. The number of amides is 1. The molecule has 1 aromatic heterocycles. The van der Waals surface area contributed by atoms with Gasteiger partial charge in [0, 0.05) is 17.8 Å². The third-order valence-corrected chi connectivity index (χ3v) is 4.56. The van der Waals surface area contributed by atoms with Crippen molar-refractivity contribution in [3.8, 4) is 0 Å². The first-order valence-electron chi connectivity index (χ1n) is 9.61. The smallest absolute Gasteiger partial charge is 0.257 e. The van der Waals surface area contributed by atoms with Gasteiger partial charge in [-0.15, -0.1) is 0 Å². The van der Waals surface area contributed by atoms with Crippen LogP contribution in [-0.2, 0) is 0 Å². The molecular formula is C21H24N8O2. The maximum atomic E-state index is 11.5. The normalized spacial score (nSPS) is 11.8. The minimum absolute atomic E-state index is 0.0811. The molecule has 160 valence electrons. The van der Waals surface area contributed by atoms with Crippen LogP contribution in [0.15, 0.2) is 53.5 Å². The molecule has 0 saturated heterocycles. The number of aryl methyl sites for hydroxylation is 1. The van der Waals surface area contributed by atoms with Gasteiger partial charge in [0.15, 0.2) is 0 Å². The fourth-order valence-corrected chi connectivity index (χ4v) is 2.82. The lowest BCUT2D eigenvalue weighted by molar-refractivity contribution is 0.100. The van der Waals surface area contributed by atoms with Crippen molar-refractivity contribution in [2.75, 3.05) is 17.2 Å². The standard InChI is InChI=1S/C21H24N8O2/c1-13-8-9-16(18(22)30)10-17(13)26-21-28-19(27-20(29-21)24-12-25-31)23-11-14(2)15-6-4-3-5-7-15/h3-10,12,14,31H,11H2,1-2H3,(H2,22,30)(H3,23,24,25,26,27,28,29). The van der Waals surface area contributed by atoms with E-state index in [-0.39, 0.29) is 17.8 Å². The molecule has 1 unspecified atom stereocenters. The highest BCUT2D eigenvalue weighted by molar-refractivity contribution is 5.94. The molecule has 0 spiro atoms. The zero-order valence-corrected chi connectivity index (χ0v) is 17.2. The van der Waals surface area contributed by atoms with Gasteiger partial charge in [0.1, 0.15) is 6.34 Å². The Hall–Kier alpha value is -4.05. The molecule has 3 aromatic rings. The summed E-state index contributed by atoms with van der Waals surface area (Å²) in [6.45, 7) is 4.56. The summed E-state index contributed by atoms with van der Waals surface area (Å²) >= 11 is 0. The number of hydrogen-bond acceptors (Lipinski definition) is 8. The van der Waals surface area contributed by atoms with Crippen LogP contribution in [0.25, 0.3) is 0 Å². The summed E-state index contributed by atoms with van der Waals surface area (Å²) in [5.41, 5.74) is 10.2. The van der Waals surface area contributed by atoms with Crippen molar-refractivity contribution in [1.82, 2.24) is 20.4 Å². The molecule has 31 heavy (non-hydrogen) atoms. The number of rotatable bonds is 9. The zero-order valence-electron chi connectivity index (χ0n) is 17.2. The van der Waals surface area contributed by atoms with Gasteiger partial charge in [-0.1, -0.05) is 43.3 Å². The van der Waals surface area contributed by atoms with Crippen LogP contribution in [0.2, 0.25) is 0 Å². The average molecular weight is 420 g/mol. The minimum atomic E-state index is -0.532. The van der Waals surface area contributed by atoms with Crippen molar-refractivity contribution in [2.45, 2.75) is 19.8 Å². The van der Waals surface area contributed by atoms with Crippen molar-refractivity contribution in [3.05, 3.63) is 65.2 Å². The van der Waals surface area contributed by atoms with Crippen molar-refractivity contribution >= 4 is 35.8 Å². The summed E-state index contributed by atoms with van der Waals surface area (Å²) in [6.07, 6.45) is 1.05. The lowest BCUT2D eigenvalue weighted by Crippen LogP contribution is -2.14.